The van der Waals surface area contributed by atoms with Gasteiger partial charge >= 0.3 is 11.9 Å². The molecule has 0 radical (unpaired) electrons. The largest absolute Gasteiger partial charge is 0.480 e. The number of rotatable bonds is 7. The van der Waals surface area contributed by atoms with Crippen LogP contribution in [0.2, 0.25) is 0 Å². The van der Waals surface area contributed by atoms with E-state index in [2.05, 4.69) is 0 Å². The summed E-state index contributed by atoms with van der Waals surface area (Å²) in [4.78, 5) is 20.8. The standard InChI is InChI=1S/C8H17N3O5/c9-3(1-4(10)7(13)14)6(12)2-5(11)8(15)16/h3-6,12H,1-2,9-11H2,(H,13,14)(H,15,16). The molecule has 0 fully saturated rings. The summed E-state index contributed by atoms with van der Waals surface area (Å²) in [5.41, 5.74) is 15.9. The summed E-state index contributed by atoms with van der Waals surface area (Å²) in [6.45, 7) is 0. The zero-order valence-corrected chi connectivity index (χ0v) is 8.61. The van der Waals surface area contributed by atoms with Gasteiger partial charge < -0.3 is 32.5 Å². The van der Waals surface area contributed by atoms with Crippen LogP contribution in [0.4, 0.5) is 0 Å². The average Bonchev–Trinajstić information content (AvgIpc) is 2.16. The van der Waals surface area contributed by atoms with Crippen LogP contribution in [-0.4, -0.2) is 51.5 Å². The van der Waals surface area contributed by atoms with Crippen LogP contribution < -0.4 is 17.2 Å². The summed E-state index contributed by atoms with van der Waals surface area (Å²) in [7, 11) is 0. The molecule has 0 aliphatic heterocycles. The van der Waals surface area contributed by atoms with Crippen LogP contribution in [0, 0.1) is 0 Å². The van der Waals surface area contributed by atoms with E-state index >= 15 is 0 Å². The first-order chi connectivity index (χ1) is 7.25. The molecule has 0 aromatic rings. The van der Waals surface area contributed by atoms with Crippen LogP contribution >= 0.6 is 0 Å². The topological polar surface area (TPSA) is 173 Å². The van der Waals surface area contributed by atoms with Crippen molar-refractivity contribution in [2.75, 3.05) is 0 Å². The fraction of sp³-hybridized carbons (Fsp3) is 0.750. The number of carboxylic acid groups (broad SMARTS) is 2. The molecule has 0 bridgehead atoms. The molecule has 4 atom stereocenters. The normalized spacial score (nSPS) is 18.5. The molecule has 0 aliphatic rings. The third-order valence-corrected chi connectivity index (χ3v) is 2.15. The van der Waals surface area contributed by atoms with Gasteiger partial charge in [-0.3, -0.25) is 9.59 Å². The van der Waals surface area contributed by atoms with Crippen LogP contribution in [0.3, 0.4) is 0 Å². The summed E-state index contributed by atoms with van der Waals surface area (Å²) in [5, 5.41) is 26.4. The van der Waals surface area contributed by atoms with Gasteiger partial charge in [-0.05, 0) is 6.42 Å². The van der Waals surface area contributed by atoms with E-state index in [1.54, 1.807) is 0 Å². The number of aliphatic hydroxyl groups is 1. The number of carbonyl (C=O) groups is 2. The van der Waals surface area contributed by atoms with Crippen molar-refractivity contribution in [2.24, 2.45) is 17.2 Å². The minimum atomic E-state index is -1.26. The number of carboxylic acids is 2. The lowest BCUT2D eigenvalue weighted by molar-refractivity contribution is -0.140. The maximum Gasteiger partial charge on any atom is 0.320 e. The molecule has 4 unspecified atom stereocenters. The van der Waals surface area contributed by atoms with Gasteiger partial charge in [-0.1, -0.05) is 0 Å². The van der Waals surface area contributed by atoms with Crippen molar-refractivity contribution in [3.05, 3.63) is 0 Å². The molecule has 0 aromatic carbocycles. The molecule has 0 spiro atoms. The number of hydrogen-bond donors (Lipinski definition) is 6. The molecule has 8 heteroatoms. The fourth-order valence-corrected chi connectivity index (χ4v) is 1.09. The Balaban J connectivity index is 4.13. The first kappa shape index (κ1) is 14.8. The maximum absolute atomic E-state index is 10.4. The fourth-order valence-electron chi connectivity index (χ4n) is 1.09. The van der Waals surface area contributed by atoms with Gasteiger partial charge in [-0.25, -0.2) is 0 Å². The Morgan fingerprint density at radius 2 is 1.31 bits per heavy atom. The molecule has 94 valence electrons. The second-order valence-corrected chi connectivity index (χ2v) is 3.59. The van der Waals surface area contributed by atoms with Crippen molar-refractivity contribution in [1.82, 2.24) is 0 Å². The number of nitrogens with two attached hydrogens (primary N) is 3. The zero-order valence-electron chi connectivity index (χ0n) is 8.61. The summed E-state index contributed by atoms with van der Waals surface area (Å²) < 4.78 is 0. The molecule has 8 nitrogen and oxygen atoms in total. The summed E-state index contributed by atoms with van der Waals surface area (Å²) in [6, 6.07) is -3.34. The van der Waals surface area contributed by atoms with Crippen molar-refractivity contribution in [2.45, 2.75) is 37.1 Å². The van der Waals surface area contributed by atoms with Crippen molar-refractivity contribution in [1.29, 1.82) is 0 Å². The van der Waals surface area contributed by atoms with Gasteiger partial charge in [0.2, 0.25) is 0 Å². The smallest absolute Gasteiger partial charge is 0.320 e. The number of aliphatic hydroxyl groups excluding tert-OH is 1. The van der Waals surface area contributed by atoms with Crippen LogP contribution in [0.15, 0.2) is 0 Å². The Kier molecular flexibility index (Phi) is 5.89. The van der Waals surface area contributed by atoms with Crippen molar-refractivity contribution in [3.63, 3.8) is 0 Å². The second-order valence-electron chi connectivity index (χ2n) is 3.59. The molecule has 0 rings (SSSR count). The Bertz CT molecular complexity index is 234. The van der Waals surface area contributed by atoms with Crippen LogP contribution in [0.25, 0.3) is 0 Å². The minimum Gasteiger partial charge on any atom is -0.480 e. The van der Waals surface area contributed by atoms with E-state index in [1.165, 1.54) is 0 Å². The first-order valence-electron chi connectivity index (χ1n) is 4.66. The Morgan fingerprint density at radius 1 is 0.938 bits per heavy atom. The van der Waals surface area contributed by atoms with Gasteiger partial charge in [0.1, 0.15) is 12.1 Å². The van der Waals surface area contributed by atoms with Crippen molar-refractivity contribution in [3.8, 4) is 0 Å². The van der Waals surface area contributed by atoms with Crippen LogP contribution in [-0.2, 0) is 9.59 Å². The van der Waals surface area contributed by atoms with E-state index in [-0.39, 0.29) is 12.8 Å². The highest BCUT2D eigenvalue weighted by Gasteiger charge is 2.25. The van der Waals surface area contributed by atoms with Gasteiger partial charge in [0.15, 0.2) is 0 Å². The van der Waals surface area contributed by atoms with Gasteiger partial charge in [0, 0.05) is 12.5 Å². The highest BCUT2D eigenvalue weighted by Crippen LogP contribution is 2.05. The molecular weight excluding hydrogens is 218 g/mol. The zero-order chi connectivity index (χ0) is 12.9. The van der Waals surface area contributed by atoms with E-state index in [9.17, 15) is 14.7 Å². The van der Waals surface area contributed by atoms with E-state index < -0.39 is 36.2 Å². The predicted molar refractivity (Wildman–Crippen MR) is 54.4 cm³/mol. The molecule has 9 N–H and O–H groups in total. The molecule has 0 aliphatic carbocycles. The van der Waals surface area contributed by atoms with E-state index in [0.717, 1.165) is 0 Å². The Morgan fingerprint density at radius 3 is 1.69 bits per heavy atom. The number of aliphatic carboxylic acids is 2. The van der Waals surface area contributed by atoms with E-state index in [1.807, 2.05) is 0 Å². The molecule has 0 aromatic heterocycles. The lowest BCUT2D eigenvalue weighted by atomic mass is 9.98. The van der Waals surface area contributed by atoms with Gasteiger partial charge in [0.25, 0.3) is 0 Å². The molecule has 16 heavy (non-hydrogen) atoms. The lowest BCUT2D eigenvalue weighted by Gasteiger charge is -2.21. The predicted octanol–water partition coefficient (Wildman–Crippen LogP) is -2.72. The Labute approximate surface area is 92.0 Å². The quantitative estimate of drug-likeness (QED) is 0.276. The van der Waals surface area contributed by atoms with Crippen molar-refractivity contribution >= 4 is 11.9 Å². The summed E-state index contributed by atoms with van der Waals surface area (Å²) in [6.07, 6.45) is -1.59. The number of hydrogen-bond acceptors (Lipinski definition) is 6. The molecule has 0 saturated heterocycles. The Hall–Kier alpha value is -1.22. The molecular formula is C8H17N3O5. The maximum atomic E-state index is 10.4. The molecule has 0 amide bonds. The summed E-state index contributed by atoms with van der Waals surface area (Å²) in [5.74, 6) is -2.49. The molecule has 0 heterocycles. The second kappa shape index (κ2) is 6.38. The SMILES string of the molecule is NC(CC(N)C(O)CC(N)C(=O)O)C(=O)O. The van der Waals surface area contributed by atoms with Gasteiger partial charge in [-0.2, -0.15) is 0 Å². The van der Waals surface area contributed by atoms with Crippen LogP contribution in [0.1, 0.15) is 12.8 Å². The van der Waals surface area contributed by atoms with Crippen LogP contribution in [0.5, 0.6) is 0 Å². The average molecular weight is 235 g/mol. The van der Waals surface area contributed by atoms with Gasteiger partial charge in [0.05, 0.1) is 6.10 Å². The highest BCUT2D eigenvalue weighted by atomic mass is 16.4. The minimum absolute atomic E-state index is 0.150. The first-order valence-corrected chi connectivity index (χ1v) is 4.66. The molecule has 0 saturated carbocycles. The highest BCUT2D eigenvalue weighted by molar-refractivity contribution is 5.73. The third-order valence-electron chi connectivity index (χ3n) is 2.15. The lowest BCUT2D eigenvalue weighted by Crippen LogP contribution is -2.46. The van der Waals surface area contributed by atoms with Gasteiger partial charge in [-0.15, -0.1) is 0 Å². The van der Waals surface area contributed by atoms with Crippen molar-refractivity contribution < 1.29 is 24.9 Å². The summed E-state index contributed by atoms with van der Waals surface area (Å²) >= 11 is 0. The monoisotopic (exact) mass is 235 g/mol. The third kappa shape index (κ3) is 5.03. The van der Waals surface area contributed by atoms with E-state index in [4.69, 9.17) is 27.4 Å². The van der Waals surface area contributed by atoms with E-state index in [0.29, 0.717) is 0 Å².